The van der Waals surface area contributed by atoms with Crippen LogP contribution < -0.4 is 5.73 Å². The molecule has 0 amide bonds. The molecule has 4 heteroatoms. The Hall–Kier alpha value is -0.160. The van der Waals surface area contributed by atoms with Crippen LogP contribution in [0.15, 0.2) is 0 Å². The number of morpholine rings is 1. The molecule has 3 aliphatic heterocycles. The first-order valence-electron chi connectivity index (χ1n) is 7.36. The van der Waals surface area contributed by atoms with Crippen LogP contribution in [0.2, 0.25) is 0 Å². The maximum atomic E-state index is 6.27. The van der Waals surface area contributed by atoms with Crippen molar-refractivity contribution in [1.82, 2.24) is 9.80 Å². The van der Waals surface area contributed by atoms with Crippen LogP contribution in [-0.4, -0.2) is 66.8 Å². The minimum atomic E-state index is 0.127. The van der Waals surface area contributed by atoms with Gasteiger partial charge in [-0.1, -0.05) is 0 Å². The zero-order valence-corrected chi connectivity index (χ0v) is 11.8. The summed E-state index contributed by atoms with van der Waals surface area (Å²) in [5.74, 6) is 0.758. The Balaban J connectivity index is 1.90. The molecule has 0 aromatic rings. The monoisotopic (exact) mass is 253 g/mol. The Morgan fingerprint density at radius 1 is 1.28 bits per heavy atom. The Kier molecular flexibility index (Phi) is 3.17. The van der Waals surface area contributed by atoms with Crippen LogP contribution in [0.4, 0.5) is 0 Å². The fourth-order valence-electron chi connectivity index (χ4n) is 4.45. The van der Waals surface area contributed by atoms with Crippen molar-refractivity contribution >= 4 is 0 Å². The van der Waals surface area contributed by atoms with E-state index < -0.39 is 0 Å². The summed E-state index contributed by atoms with van der Waals surface area (Å²) in [6.45, 7) is 11.9. The summed E-state index contributed by atoms with van der Waals surface area (Å²) in [5, 5.41) is 0. The Morgan fingerprint density at radius 3 is 2.83 bits per heavy atom. The highest BCUT2D eigenvalue weighted by atomic mass is 16.5. The predicted octanol–water partition coefficient (Wildman–Crippen LogP) is 0.520. The van der Waals surface area contributed by atoms with Crippen molar-refractivity contribution in [2.75, 3.05) is 45.9 Å². The van der Waals surface area contributed by atoms with Gasteiger partial charge in [0.2, 0.25) is 0 Å². The standard InChI is InChI=1S/C14H27N3O/c1-13(2)11-18-8-7-17(13)14(10-15)4-6-16-5-3-12(14)9-16/h12H,3-11,15H2,1-2H3. The third-order valence-electron chi connectivity index (χ3n) is 5.43. The molecule has 3 fully saturated rings. The van der Waals surface area contributed by atoms with Crippen molar-refractivity contribution in [1.29, 1.82) is 0 Å². The van der Waals surface area contributed by atoms with Gasteiger partial charge in [0.1, 0.15) is 0 Å². The highest BCUT2D eigenvalue weighted by molar-refractivity contribution is 5.09. The second-order valence-corrected chi connectivity index (χ2v) is 6.86. The minimum Gasteiger partial charge on any atom is -0.378 e. The number of ether oxygens (including phenoxy) is 1. The maximum absolute atomic E-state index is 6.27. The van der Waals surface area contributed by atoms with Crippen molar-refractivity contribution < 1.29 is 4.74 Å². The highest BCUT2D eigenvalue weighted by Gasteiger charge is 2.53. The van der Waals surface area contributed by atoms with Gasteiger partial charge in [-0.3, -0.25) is 4.90 Å². The topological polar surface area (TPSA) is 41.7 Å². The summed E-state index contributed by atoms with van der Waals surface area (Å²) in [4.78, 5) is 5.29. The molecule has 2 N–H and O–H groups in total. The van der Waals surface area contributed by atoms with Gasteiger partial charge >= 0.3 is 0 Å². The summed E-state index contributed by atoms with van der Waals surface area (Å²) in [7, 11) is 0. The summed E-state index contributed by atoms with van der Waals surface area (Å²) < 4.78 is 5.68. The van der Waals surface area contributed by atoms with Gasteiger partial charge in [0.05, 0.1) is 13.2 Å². The van der Waals surface area contributed by atoms with Gasteiger partial charge < -0.3 is 15.4 Å². The molecular formula is C14H27N3O. The molecular weight excluding hydrogens is 226 g/mol. The van der Waals surface area contributed by atoms with Crippen LogP contribution in [0.1, 0.15) is 26.7 Å². The molecule has 3 atom stereocenters. The molecule has 18 heavy (non-hydrogen) atoms. The molecule has 3 rings (SSSR count). The van der Waals surface area contributed by atoms with E-state index in [0.29, 0.717) is 0 Å². The third-order valence-corrected chi connectivity index (χ3v) is 5.43. The molecule has 2 bridgehead atoms. The normalized spacial score (nSPS) is 44.2. The fourth-order valence-corrected chi connectivity index (χ4v) is 4.45. The largest absolute Gasteiger partial charge is 0.378 e. The number of piperidine rings is 1. The zero-order valence-electron chi connectivity index (χ0n) is 11.8. The molecule has 104 valence electrons. The molecule has 3 saturated heterocycles. The number of hydrogen-bond donors (Lipinski definition) is 1. The molecule has 3 unspecified atom stereocenters. The number of hydrogen-bond acceptors (Lipinski definition) is 4. The number of fused-ring (bicyclic) bond motifs is 2. The van der Waals surface area contributed by atoms with Gasteiger partial charge in [0, 0.05) is 30.7 Å². The minimum absolute atomic E-state index is 0.127. The Bertz CT molecular complexity index is 320. The first-order chi connectivity index (χ1) is 8.58. The van der Waals surface area contributed by atoms with Crippen LogP contribution in [0.5, 0.6) is 0 Å². The summed E-state index contributed by atoms with van der Waals surface area (Å²) in [5.41, 5.74) is 6.62. The van der Waals surface area contributed by atoms with Gasteiger partial charge in [-0.05, 0) is 45.7 Å². The molecule has 0 radical (unpaired) electrons. The predicted molar refractivity (Wildman–Crippen MR) is 72.6 cm³/mol. The Labute approximate surface area is 110 Å². The second-order valence-electron chi connectivity index (χ2n) is 6.86. The van der Waals surface area contributed by atoms with E-state index in [0.717, 1.165) is 32.2 Å². The molecule has 0 aromatic heterocycles. The Morgan fingerprint density at radius 2 is 2.11 bits per heavy atom. The number of nitrogens with zero attached hydrogens (tertiary/aromatic N) is 2. The molecule has 0 aromatic carbocycles. The number of nitrogens with two attached hydrogens (primary N) is 1. The van der Waals surface area contributed by atoms with Gasteiger partial charge in [0.25, 0.3) is 0 Å². The van der Waals surface area contributed by atoms with E-state index in [2.05, 4.69) is 23.6 Å². The quantitative estimate of drug-likeness (QED) is 0.779. The zero-order chi connectivity index (χ0) is 12.8. The van der Waals surface area contributed by atoms with E-state index >= 15 is 0 Å². The van der Waals surface area contributed by atoms with Crippen LogP contribution >= 0.6 is 0 Å². The van der Waals surface area contributed by atoms with Crippen LogP contribution in [0, 0.1) is 5.92 Å². The number of rotatable bonds is 2. The van der Waals surface area contributed by atoms with E-state index in [1.165, 1.54) is 32.5 Å². The van der Waals surface area contributed by atoms with Gasteiger partial charge in [-0.15, -0.1) is 0 Å². The van der Waals surface area contributed by atoms with E-state index in [1.807, 2.05) is 0 Å². The van der Waals surface area contributed by atoms with Crippen molar-refractivity contribution in [2.24, 2.45) is 11.7 Å². The lowest BCUT2D eigenvalue weighted by atomic mass is 9.74. The van der Waals surface area contributed by atoms with Gasteiger partial charge in [-0.25, -0.2) is 0 Å². The van der Waals surface area contributed by atoms with Crippen molar-refractivity contribution in [3.8, 4) is 0 Å². The SMILES string of the molecule is CC1(C)COCCN1C1(CN)CCN2CCC1C2. The van der Waals surface area contributed by atoms with Crippen LogP contribution in [-0.2, 0) is 4.74 Å². The second kappa shape index (κ2) is 4.44. The first kappa shape index (κ1) is 12.9. The van der Waals surface area contributed by atoms with Gasteiger partial charge in [0.15, 0.2) is 0 Å². The van der Waals surface area contributed by atoms with E-state index in [9.17, 15) is 0 Å². The van der Waals surface area contributed by atoms with Crippen molar-refractivity contribution in [2.45, 2.75) is 37.8 Å². The molecule has 3 aliphatic rings. The molecule has 3 heterocycles. The molecule has 0 saturated carbocycles. The summed E-state index contributed by atoms with van der Waals surface area (Å²) in [6.07, 6.45) is 2.56. The molecule has 0 spiro atoms. The summed E-state index contributed by atoms with van der Waals surface area (Å²) in [6, 6.07) is 0. The lowest BCUT2D eigenvalue weighted by Crippen LogP contribution is -2.70. The third kappa shape index (κ3) is 1.82. The molecule has 0 aliphatic carbocycles. The van der Waals surface area contributed by atoms with Crippen molar-refractivity contribution in [3.05, 3.63) is 0 Å². The highest BCUT2D eigenvalue weighted by Crippen LogP contribution is 2.43. The maximum Gasteiger partial charge on any atom is 0.0645 e. The van der Waals surface area contributed by atoms with E-state index in [-0.39, 0.29) is 11.1 Å². The van der Waals surface area contributed by atoms with E-state index in [1.54, 1.807) is 0 Å². The smallest absolute Gasteiger partial charge is 0.0645 e. The molecule has 4 nitrogen and oxygen atoms in total. The first-order valence-corrected chi connectivity index (χ1v) is 7.36. The van der Waals surface area contributed by atoms with Crippen LogP contribution in [0.25, 0.3) is 0 Å². The average Bonchev–Trinajstić information content (AvgIpc) is 2.75. The fraction of sp³-hybridized carbons (Fsp3) is 1.00. The van der Waals surface area contributed by atoms with Crippen LogP contribution in [0.3, 0.4) is 0 Å². The lowest BCUT2D eigenvalue weighted by Gasteiger charge is -2.57. The van der Waals surface area contributed by atoms with E-state index in [4.69, 9.17) is 10.5 Å². The average molecular weight is 253 g/mol. The van der Waals surface area contributed by atoms with Crippen molar-refractivity contribution in [3.63, 3.8) is 0 Å². The lowest BCUT2D eigenvalue weighted by molar-refractivity contribution is -0.129. The van der Waals surface area contributed by atoms with Gasteiger partial charge in [-0.2, -0.15) is 0 Å². The summed E-state index contributed by atoms with van der Waals surface area (Å²) >= 11 is 0.